The summed E-state index contributed by atoms with van der Waals surface area (Å²) in [4.78, 5) is 0. The van der Waals surface area contributed by atoms with Gasteiger partial charge >= 0.3 is 0 Å². The Bertz CT molecular complexity index is 280. The van der Waals surface area contributed by atoms with Gasteiger partial charge in [0, 0.05) is 19.6 Å². The molecule has 3 fully saturated rings. The molecule has 1 N–H and O–H groups in total. The Hall–Kier alpha value is -0.120. The minimum Gasteiger partial charge on any atom is -0.393 e. The van der Waals surface area contributed by atoms with Crippen molar-refractivity contribution in [3.63, 3.8) is 0 Å². The quantitative estimate of drug-likeness (QED) is 0.852. The zero-order valence-electron chi connectivity index (χ0n) is 12.0. The predicted molar refractivity (Wildman–Crippen MR) is 74.0 cm³/mol. The molecule has 0 aromatic carbocycles. The molecule has 19 heavy (non-hydrogen) atoms. The van der Waals surface area contributed by atoms with Crippen molar-refractivity contribution in [2.75, 3.05) is 19.8 Å². The summed E-state index contributed by atoms with van der Waals surface area (Å²) < 4.78 is 11.4. The van der Waals surface area contributed by atoms with Crippen LogP contribution in [0, 0.1) is 11.8 Å². The lowest BCUT2D eigenvalue weighted by Crippen LogP contribution is -2.43. The zero-order valence-corrected chi connectivity index (χ0v) is 12.0. The first kappa shape index (κ1) is 13.8. The summed E-state index contributed by atoms with van der Waals surface area (Å²) in [5, 5.41) is 10.5. The topological polar surface area (TPSA) is 38.7 Å². The van der Waals surface area contributed by atoms with Crippen LogP contribution in [0.15, 0.2) is 0 Å². The van der Waals surface area contributed by atoms with E-state index in [4.69, 9.17) is 9.47 Å². The number of hydrogen-bond donors (Lipinski definition) is 1. The molecular formula is C16H28O3. The van der Waals surface area contributed by atoms with Crippen LogP contribution in [0.1, 0.15) is 57.8 Å². The summed E-state index contributed by atoms with van der Waals surface area (Å²) in [5.41, 5.74) is -0.0583. The van der Waals surface area contributed by atoms with E-state index in [1.54, 1.807) is 0 Å². The van der Waals surface area contributed by atoms with Crippen molar-refractivity contribution in [2.24, 2.45) is 11.8 Å². The average Bonchev–Trinajstić information content (AvgIpc) is 3.08. The summed E-state index contributed by atoms with van der Waals surface area (Å²) in [6.07, 6.45) is 10.7. The highest BCUT2D eigenvalue weighted by molar-refractivity contribution is 4.92. The standard InChI is InChI=1S/C16H28O3/c17-15(6-5-13-3-1-2-4-13)14-7-9-19-16(11-14)8-10-18-12-16/h13-15,17H,1-12H2. The molecule has 0 amide bonds. The Balaban J connectivity index is 1.47. The third-order valence-electron chi connectivity index (χ3n) is 5.49. The van der Waals surface area contributed by atoms with Gasteiger partial charge in [0.15, 0.2) is 0 Å². The van der Waals surface area contributed by atoms with Gasteiger partial charge in [-0.15, -0.1) is 0 Å². The molecule has 1 saturated carbocycles. The van der Waals surface area contributed by atoms with Gasteiger partial charge in [0.1, 0.15) is 0 Å². The molecule has 0 bridgehead atoms. The average molecular weight is 268 g/mol. The van der Waals surface area contributed by atoms with E-state index in [0.29, 0.717) is 5.92 Å². The number of aliphatic hydroxyl groups excluding tert-OH is 1. The first-order valence-corrected chi connectivity index (χ1v) is 8.17. The maximum absolute atomic E-state index is 10.5. The Labute approximate surface area is 116 Å². The Kier molecular flexibility index (Phi) is 4.45. The lowest BCUT2D eigenvalue weighted by molar-refractivity contribution is -0.117. The molecule has 2 aliphatic heterocycles. The lowest BCUT2D eigenvalue weighted by atomic mass is 9.80. The van der Waals surface area contributed by atoms with Crippen LogP contribution in [-0.2, 0) is 9.47 Å². The molecule has 110 valence electrons. The fraction of sp³-hybridized carbons (Fsp3) is 1.00. The smallest absolute Gasteiger partial charge is 0.0940 e. The van der Waals surface area contributed by atoms with Gasteiger partial charge in [0.25, 0.3) is 0 Å². The number of hydrogen-bond acceptors (Lipinski definition) is 3. The van der Waals surface area contributed by atoms with Gasteiger partial charge < -0.3 is 14.6 Å². The minimum absolute atomic E-state index is 0.0583. The maximum atomic E-state index is 10.5. The van der Waals surface area contributed by atoms with Crippen LogP contribution in [0.4, 0.5) is 0 Å². The maximum Gasteiger partial charge on any atom is 0.0940 e. The molecule has 2 saturated heterocycles. The number of aliphatic hydroxyl groups is 1. The largest absolute Gasteiger partial charge is 0.393 e. The molecule has 1 spiro atoms. The Morgan fingerprint density at radius 2 is 2.00 bits per heavy atom. The number of rotatable bonds is 4. The van der Waals surface area contributed by atoms with Gasteiger partial charge in [-0.3, -0.25) is 0 Å². The summed E-state index contributed by atoms with van der Waals surface area (Å²) in [6, 6.07) is 0. The van der Waals surface area contributed by atoms with E-state index in [1.807, 2.05) is 0 Å². The van der Waals surface area contributed by atoms with Crippen molar-refractivity contribution in [1.29, 1.82) is 0 Å². The van der Waals surface area contributed by atoms with Crippen LogP contribution in [0.2, 0.25) is 0 Å². The monoisotopic (exact) mass is 268 g/mol. The van der Waals surface area contributed by atoms with Crippen molar-refractivity contribution in [2.45, 2.75) is 69.5 Å². The molecule has 3 heteroatoms. The summed E-state index contributed by atoms with van der Waals surface area (Å²) in [6.45, 7) is 2.36. The van der Waals surface area contributed by atoms with Crippen molar-refractivity contribution in [1.82, 2.24) is 0 Å². The third-order valence-corrected chi connectivity index (χ3v) is 5.49. The molecule has 3 atom stereocenters. The lowest BCUT2D eigenvalue weighted by Gasteiger charge is -2.39. The predicted octanol–water partition coefficient (Wildman–Crippen LogP) is 2.90. The van der Waals surface area contributed by atoms with Crippen LogP contribution in [0.3, 0.4) is 0 Å². The van der Waals surface area contributed by atoms with Crippen molar-refractivity contribution >= 4 is 0 Å². The van der Waals surface area contributed by atoms with Gasteiger partial charge in [-0.1, -0.05) is 25.7 Å². The normalized spacial score (nSPS) is 38.1. The second-order valence-electron chi connectivity index (χ2n) is 6.88. The highest BCUT2D eigenvalue weighted by Crippen LogP contribution is 2.38. The second kappa shape index (κ2) is 6.11. The highest BCUT2D eigenvalue weighted by atomic mass is 16.6. The molecule has 0 aromatic heterocycles. The van der Waals surface area contributed by atoms with Crippen LogP contribution in [0.5, 0.6) is 0 Å². The zero-order chi connectivity index (χ0) is 13.1. The first-order valence-electron chi connectivity index (χ1n) is 8.17. The van der Waals surface area contributed by atoms with Crippen molar-refractivity contribution < 1.29 is 14.6 Å². The second-order valence-corrected chi connectivity index (χ2v) is 6.88. The van der Waals surface area contributed by atoms with Gasteiger partial charge in [-0.2, -0.15) is 0 Å². The summed E-state index contributed by atoms with van der Waals surface area (Å²) in [7, 11) is 0. The van der Waals surface area contributed by atoms with Gasteiger partial charge in [-0.05, 0) is 37.5 Å². The molecule has 3 nitrogen and oxygen atoms in total. The fourth-order valence-electron chi connectivity index (χ4n) is 4.20. The Morgan fingerprint density at radius 1 is 1.16 bits per heavy atom. The minimum atomic E-state index is -0.123. The van der Waals surface area contributed by atoms with Crippen LogP contribution >= 0.6 is 0 Å². The van der Waals surface area contributed by atoms with E-state index in [2.05, 4.69) is 0 Å². The molecule has 0 radical (unpaired) electrons. The van der Waals surface area contributed by atoms with E-state index in [-0.39, 0.29) is 11.7 Å². The molecule has 1 aliphatic carbocycles. The fourth-order valence-corrected chi connectivity index (χ4v) is 4.20. The summed E-state index contributed by atoms with van der Waals surface area (Å²) >= 11 is 0. The van der Waals surface area contributed by atoms with Gasteiger partial charge in [0.2, 0.25) is 0 Å². The molecule has 3 unspecified atom stereocenters. The van der Waals surface area contributed by atoms with Gasteiger partial charge in [0.05, 0.1) is 18.3 Å². The summed E-state index contributed by atoms with van der Waals surface area (Å²) in [5.74, 6) is 1.31. The van der Waals surface area contributed by atoms with Crippen LogP contribution < -0.4 is 0 Å². The molecule has 3 aliphatic rings. The molecule has 3 rings (SSSR count). The van der Waals surface area contributed by atoms with E-state index in [9.17, 15) is 5.11 Å². The van der Waals surface area contributed by atoms with E-state index < -0.39 is 0 Å². The van der Waals surface area contributed by atoms with Crippen LogP contribution in [-0.4, -0.2) is 36.6 Å². The van der Waals surface area contributed by atoms with E-state index >= 15 is 0 Å². The number of ether oxygens (including phenoxy) is 2. The van der Waals surface area contributed by atoms with Crippen molar-refractivity contribution in [3.05, 3.63) is 0 Å². The van der Waals surface area contributed by atoms with Crippen molar-refractivity contribution in [3.8, 4) is 0 Å². The first-order chi connectivity index (χ1) is 9.27. The van der Waals surface area contributed by atoms with E-state index in [0.717, 1.165) is 51.4 Å². The van der Waals surface area contributed by atoms with Gasteiger partial charge in [-0.25, -0.2) is 0 Å². The molecule has 0 aromatic rings. The SMILES string of the molecule is OC(CCC1CCCC1)C1CCOC2(CCOC2)C1. The molecule has 2 heterocycles. The highest BCUT2D eigenvalue weighted by Gasteiger charge is 2.42. The Morgan fingerprint density at radius 3 is 2.74 bits per heavy atom. The van der Waals surface area contributed by atoms with E-state index in [1.165, 1.54) is 32.1 Å². The van der Waals surface area contributed by atoms with Crippen LogP contribution in [0.25, 0.3) is 0 Å². The third kappa shape index (κ3) is 3.32. The molecular weight excluding hydrogens is 240 g/mol.